The maximum atomic E-state index is 11.9. The van der Waals surface area contributed by atoms with Crippen molar-refractivity contribution in [3.05, 3.63) is 21.9 Å². The van der Waals surface area contributed by atoms with E-state index in [1.165, 1.54) is 0 Å². The molecule has 0 aliphatic carbocycles. The normalized spacial score (nSPS) is 11.1. The van der Waals surface area contributed by atoms with E-state index in [9.17, 15) is 28.1 Å². The number of hydrogen-bond acceptors (Lipinski definition) is 6. The molecule has 1 rings (SSSR count). The molecular formula is C7H2ClF3N2O5. The van der Waals surface area contributed by atoms with E-state index in [0.29, 0.717) is 0 Å². The summed E-state index contributed by atoms with van der Waals surface area (Å²) in [4.78, 5) is 23.0. The van der Waals surface area contributed by atoms with Crippen LogP contribution in [0.5, 0.6) is 11.6 Å². The average Bonchev–Trinajstić information content (AvgIpc) is 2.17. The maximum absolute atomic E-state index is 11.9. The van der Waals surface area contributed by atoms with Crippen LogP contribution in [0.4, 0.5) is 18.9 Å². The van der Waals surface area contributed by atoms with E-state index < -0.39 is 39.5 Å². The van der Waals surface area contributed by atoms with Gasteiger partial charge in [-0.15, -0.1) is 13.2 Å². The third-order valence-electron chi connectivity index (χ3n) is 1.54. The van der Waals surface area contributed by atoms with Crippen LogP contribution in [0.1, 0.15) is 10.5 Å². The molecule has 0 aromatic carbocycles. The highest BCUT2D eigenvalue weighted by Crippen LogP contribution is 2.34. The van der Waals surface area contributed by atoms with Gasteiger partial charge in [0.2, 0.25) is 5.69 Å². The van der Waals surface area contributed by atoms with Gasteiger partial charge in [0.05, 0.1) is 11.0 Å². The Morgan fingerprint density at radius 3 is 2.50 bits per heavy atom. The van der Waals surface area contributed by atoms with Crippen LogP contribution in [0.15, 0.2) is 6.07 Å². The number of hydrogen-bond donors (Lipinski definition) is 1. The molecule has 0 aliphatic heterocycles. The molecule has 1 aromatic rings. The van der Waals surface area contributed by atoms with Crippen molar-refractivity contribution in [1.29, 1.82) is 0 Å². The van der Waals surface area contributed by atoms with Crippen molar-refractivity contribution in [3.63, 3.8) is 0 Å². The molecule has 0 aliphatic rings. The molecule has 1 aromatic heterocycles. The fourth-order valence-corrected chi connectivity index (χ4v) is 1.08. The molecule has 0 amide bonds. The number of halogens is 4. The molecule has 98 valence electrons. The molecule has 18 heavy (non-hydrogen) atoms. The van der Waals surface area contributed by atoms with Crippen molar-refractivity contribution >= 4 is 22.5 Å². The molecule has 0 radical (unpaired) electrons. The second-order valence-corrected chi connectivity index (χ2v) is 3.10. The smallest absolute Gasteiger partial charge is 0.503 e. The molecule has 0 spiro atoms. The number of nitrogens with zero attached hydrogens (tertiary/aromatic N) is 2. The first-order chi connectivity index (χ1) is 8.11. The Bertz CT molecular complexity index is 519. The Hall–Kier alpha value is -2.10. The molecule has 7 nitrogen and oxygen atoms in total. The number of rotatable bonds is 3. The highest BCUT2D eigenvalue weighted by atomic mass is 35.5. The zero-order chi connectivity index (χ0) is 14.1. The van der Waals surface area contributed by atoms with Crippen molar-refractivity contribution in [1.82, 2.24) is 4.98 Å². The van der Waals surface area contributed by atoms with Gasteiger partial charge in [-0.25, -0.2) is 0 Å². The second kappa shape index (κ2) is 4.64. The number of carbonyl (C=O) groups excluding carboxylic acids is 1. The Labute approximate surface area is 101 Å². The van der Waals surface area contributed by atoms with Crippen LogP contribution in [0, 0.1) is 10.1 Å². The summed E-state index contributed by atoms with van der Waals surface area (Å²) in [6, 6.07) is 0.281. The van der Waals surface area contributed by atoms with Crippen LogP contribution < -0.4 is 4.74 Å². The summed E-state index contributed by atoms with van der Waals surface area (Å²) in [7, 11) is 0. The van der Waals surface area contributed by atoms with E-state index in [-0.39, 0.29) is 6.07 Å². The first kappa shape index (κ1) is 14.0. The molecule has 0 saturated carbocycles. The Morgan fingerprint density at radius 2 is 2.11 bits per heavy atom. The number of aromatic hydroxyl groups is 1. The van der Waals surface area contributed by atoms with E-state index in [0.717, 1.165) is 0 Å². The lowest BCUT2D eigenvalue weighted by atomic mass is 10.3. The predicted molar refractivity (Wildman–Crippen MR) is 49.4 cm³/mol. The van der Waals surface area contributed by atoms with Crippen molar-refractivity contribution in [2.45, 2.75) is 6.36 Å². The highest BCUT2D eigenvalue weighted by molar-refractivity contribution is 6.67. The average molecular weight is 287 g/mol. The summed E-state index contributed by atoms with van der Waals surface area (Å²) >= 11 is 4.92. The lowest BCUT2D eigenvalue weighted by molar-refractivity contribution is -0.385. The van der Waals surface area contributed by atoms with E-state index >= 15 is 0 Å². The molecule has 0 bridgehead atoms. The third kappa shape index (κ3) is 3.20. The molecular weight excluding hydrogens is 285 g/mol. The molecule has 1 N–H and O–H groups in total. The standard InChI is InChI=1S/C7H2ClF3N2O5/c8-5(15)4-2(13(16)17)1-3(14)6(12-4)18-7(9,10)11/h1,14H. The van der Waals surface area contributed by atoms with Crippen molar-refractivity contribution < 1.29 is 32.7 Å². The molecule has 0 fully saturated rings. The van der Waals surface area contributed by atoms with Gasteiger partial charge in [0.1, 0.15) is 0 Å². The largest absolute Gasteiger partial charge is 0.574 e. The maximum Gasteiger partial charge on any atom is 0.574 e. The Kier molecular flexibility index (Phi) is 3.60. The van der Waals surface area contributed by atoms with Crippen molar-refractivity contribution in [2.75, 3.05) is 0 Å². The number of ether oxygens (including phenoxy) is 1. The van der Waals surface area contributed by atoms with Gasteiger partial charge in [0, 0.05) is 0 Å². The zero-order valence-corrected chi connectivity index (χ0v) is 8.82. The lowest BCUT2D eigenvalue weighted by Gasteiger charge is -2.09. The van der Waals surface area contributed by atoms with Gasteiger partial charge in [-0.05, 0) is 11.6 Å². The number of nitro groups is 1. The summed E-state index contributed by atoms with van der Waals surface area (Å²) in [6.45, 7) is 0. The number of aromatic nitrogens is 1. The van der Waals surface area contributed by atoms with Crippen molar-refractivity contribution in [3.8, 4) is 11.6 Å². The summed E-state index contributed by atoms with van der Waals surface area (Å²) in [5.41, 5.74) is -2.11. The topological polar surface area (TPSA) is 103 Å². The van der Waals surface area contributed by atoms with Crippen LogP contribution in [-0.4, -0.2) is 26.6 Å². The van der Waals surface area contributed by atoms with Crippen LogP contribution in [-0.2, 0) is 0 Å². The van der Waals surface area contributed by atoms with E-state index in [1.807, 2.05) is 0 Å². The molecule has 0 unspecified atom stereocenters. The van der Waals surface area contributed by atoms with Gasteiger partial charge in [-0.2, -0.15) is 4.98 Å². The summed E-state index contributed by atoms with van der Waals surface area (Å²) < 4.78 is 38.9. The minimum Gasteiger partial charge on any atom is -0.503 e. The van der Waals surface area contributed by atoms with E-state index in [1.54, 1.807) is 0 Å². The van der Waals surface area contributed by atoms with Crippen LogP contribution in [0.3, 0.4) is 0 Å². The molecule has 0 saturated heterocycles. The molecule has 1 heterocycles. The van der Waals surface area contributed by atoms with Crippen LogP contribution >= 0.6 is 11.6 Å². The molecule has 11 heteroatoms. The number of carbonyl (C=O) groups is 1. The summed E-state index contributed by atoms with van der Waals surface area (Å²) in [5, 5.41) is 18.1. The van der Waals surface area contributed by atoms with Crippen molar-refractivity contribution in [2.24, 2.45) is 0 Å². The minimum absolute atomic E-state index is 0.281. The first-order valence-corrected chi connectivity index (χ1v) is 4.33. The fourth-order valence-electron chi connectivity index (χ4n) is 0.944. The Morgan fingerprint density at radius 1 is 1.56 bits per heavy atom. The lowest BCUT2D eigenvalue weighted by Crippen LogP contribution is -2.18. The first-order valence-electron chi connectivity index (χ1n) is 3.96. The minimum atomic E-state index is -5.19. The van der Waals surface area contributed by atoms with Crippen LogP contribution in [0.2, 0.25) is 0 Å². The fraction of sp³-hybridized carbons (Fsp3) is 0.143. The van der Waals surface area contributed by atoms with E-state index in [2.05, 4.69) is 9.72 Å². The SMILES string of the molecule is O=C(Cl)c1nc(OC(F)(F)F)c(O)cc1[N+](=O)[O-]. The van der Waals surface area contributed by atoms with Crippen LogP contribution in [0.25, 0.3) is 0 Å². The predicted octanol–water partition coefficient (Wildman–Crippen LogP) is 1.97. The van der Waals surface area contributed by atoms with Gasteiger partial charge in [-0.3, -0.25) is 14.9 Å². The van der Waals surface area contributed by atoms with Gasteiger partial charge in [0.25, 0.3) is 11.1 Å². The number of alkyl halides is 3. The van der Waals surface area contributed by atoms with Gasteiger partial charge < -0.3 is 9.84 Å². The monoisotopic (exact) mass is 286 g/mol. The van der Waals surface area contributed by atoms with Gasteiger partial charge in [-0.1, -0.05) is 0 Å². The highest BCUT2D eigenvalue weighted by Gasteiger charge is 2.35. The summed E-state index contributed by atoms with van der Waals surface area (Å²) in [6.07, 6.45) is -5.19. The summed E-state index contributed by atoms with van der Waals surface area (Å²) in [5.74, 6) is -2.65. The van der Waals surface area contributed by atoms with Gasteiger partial charge in [0.15, 0.2) is 5.75 Å². The van der Waals surface area contributed by atoms with E-state index in [4.69, 9.17) is 16.7 Å². The number of pyridine rings is 1. The third-order valence-corrected chi connectivity index (χ3v) is 1.72. The zero-order valence-electron chi connectivity index (χ0n) is 8.06. The second-order valence-electron chi connectivity index (χ2n) is 2.76. The van der Waals surface area contributed by atoms with Gasteiger partial charge >= 0.3 is 12.0 Å². The molecule has 0 atom stereocenters. The Balaban J connectivity index is 3.36. The quantitative estimate of drug-likeness (QED) is 0.517.